The van der Waals surface area contributed by atoms with Gasteiger partial charge in [-0.25, -0.2) is 0 Å². The van der Waals surface area contributed by atoms with Crippen molar-refractivity contribution in [2.75, 3.05) is 6.54 Å². The first-order valence-electron chi connectivity index (χ1n) is 8.27. The van der Waals surface area contributed by atoms with Crippen LogP contribution in [0.15, 0.2) is 12.2 Å². The molecule has 116 valence electrons. The van der Waals surface area contributed by atoms with Gasteiger partial charge >= 0.3 is 0 Å². The second-order valence-corrected chi connectivity index (χ2v) is 5.37. The molecule has 0 aliphatic heterocycles. The van der Waals surface area contributed by atoms with Gasteiger partial charge in [-0.1, -0.05) is 83.3 Å². The second kappa shape index (κ2) is 20.3. The Kier molecular flexibility index (Phi) is 22.8. The molecule has 0 unspecified atom stereocenters. The van der Waals surface area contributed by atoms with Crippen LogP contribution in [0.4, 0.5) is 0 Å². The molecular formula is C17H36ClN. The standard InChI is InChI=1S/C17H35N.ClH/c1-2-3-4-5-6-7-8-9-10-11-12-13-14-15-16-17-18;/h14-15H,2-13,16-18H2,1H3;1H. The van der Waals surface area contributed by atoms with Crippen molar-refractivity contribution in [1.82, 2.24) is 0 Å². The summed E-state index contributed by atoms with van der Waals surface area (Å²) in [4.78, 5) is 0. The Morgan fingerprint density at radius 2 is 1.05 bits per heavy atom. The molecule has 0 radical (unpaired) electrons. The first kappa shape index (κ1) is 21.3. The molecule has 0 spiro atoms. The number of unbranched alkanes of at least 4 members (excludes halogenated alkanes) is 11. The van der Waals surface area contributed by atoms with E-state index >= 15 is 0 Å². The topological polar surface area (TPSA) is 26.0 Å². The first-order valence-corrected chi connectivity index (χ1v) is 8.27. The molecule has 0 aromatic heterocycles. The number of allylic oxidation sites excluding steroid dienone is 1. The van der Waals surface area contributed by atoms with Gasteiger partial charge in [0.15, 0.2) is 0 Å². The van der Waals surface area contributed by atoms with Crippen molar-refractivity contribution in [2.24, 2.45) is 5.73 Å². The van der Waals surface area contributed by atoms with E-state index < -0.39 is 0 Å². The molecular weight excluding hydrogens is 254 g/mol. The number of hydrogen-bond donors (Lipinski definition) is 1. The summed E-state index contributed by atoms with van der Waals surface area (Å²) >= 11 is 0. The van der Waals surface area contributed by atoms with Crippen LogP contribution in [0.25, 0.3) is 0 Å². The van der Waals surface area contributed by atoms with Crippen LogP contribution in [0.1, 0.15) is 90.4 Å². The van der Waals surface area contributed by atoms with Crippen molar-refractivity contribution >= 4 is 12.4 Å². The summed E-state index contributed by atoms with van der Waals surface area (Å²) in [6.45, 7) is 3.07. The fourth-order valence-electron chi connectivity index (χ4n) is 2.26. The van der Waals surface area contributed by atoms with Crippen LogP contribution < -0.4 is 5.73 Å². The SMILES string of the molecule is CCCCCCCCCCCCCC=CCCN.Cl. The minimum atomic E-state index is 0. The van der Waals surface area contributed by atoms with Crippen molar-refractivity contribution in [1.29, 1.82) is 0 Å². The van der Waals surface area contributed by atoms with E-state index in [2.05, 4.69) is 19.1 Å². The van der Waals surface area contributed by atoms with Crippen LogP contribution in [0.3, 0.4) is 0 Å². The number of halogens is 1. The third-order valence-electron chi connectivity index (χ3n) is 3.47. The zero-order chi connectivity index (χ0) is 13.3. The zero-order valence-corrected chi connectivity index (χ0v) is 13.9. The Bertz CT molecular complexity index is 169. The van der Waals surface area contributed by atoms with Gasteiger partial charge in [0, 0.05) is 0 Å². The molecule has 1 nitrogen and oxygen atoms in total. The van der Waals surface area contributed by atoms with E-state index in [-0.39, 0.29) is 12.4 Å². The average Bonchev–Trinajstić information content (AvgIpc) is 2.39. The molecule has 0 amide bonds. The van der Waals surface area contributed by atoms with Gasteiger partial charge < -0.3 is 5.73 Å². The highest BCUT2D eigenvalue weighted by molar-refractivity contribution is 5.85. The van der Waals surface area contributed by atoms with Crippen molar-refractivity contribution in [3.05, 3.63) is 12.2 Å². The van der Waals surface area contributed by atoms with Gasteiger partial charge in [0.2, 0.25) is 0 Å². The third kappa shape index (κ3) is 20.5. The van der Waals surface area contributed by atoms with E-state index in [1.165, 1.54) is 77.0 Å². The molecule has 0 bridgehead atoms. The Labute approximate surface area is 127 Å². The molecule has 19 heavy (non-hydrogen) atoms. The van der Waals surface area contributed by atoms with Gasteiger partial charge in [0.05, 0.1) is 0 Å². The molecule has 0 atom stereocenters. The van der Waals surface area contributed by atoms with Crippen molar-refractivity contribution < 1.29 is 0 Å². The molecule has 0 saturated heterocycles. The molecule has 0 aromatic carbocycles. The summed E-state index contributed by atoms with van der Waals surface area (Å²) in [6.07, 6.45) is 22.5. The highest BCUT2D eigenvalue weighted by Gasteiger charge is 1.92. The highest BCUT2D eigenvalue weighted by atomic mass is 35.5. The Morgan fingerprint density at radius 1 is 0.632 bits per heavy atom. The van der Waals surface area contributed by atoms with E-state index in [4.69, 9.17) is 5.73 Å². The zero-order valence-electron chi connectivity index (χ0n) is 13.0. The van der Waals surface area contributed by atoms with Crippen LogP contribution in [-0.4, -0.2) is 6.54 Å². The van der Waals surface area contributed by atoms with Gasteiger partial charge in [0.25, 0.3) is 0 Å². The van der Waals surface area contributed by atoms with Crippen LogP contribution in [0.2, 0.25) is 0 Å². The maximum absolute atomic E-state index is 5.42. The lowest BCUT2D eigenvalue weighted by Gasteiger charge is -2.01. The van der Waals surface area contributed by atoms with E-state index in [1.54, 1.807) is 0 Å². The number of rotatable bonds is 14. The average molecular weight is 290 g/mol. The molecule has 2 heteroatoms. The van der Waals surface area contributed by atoms with Crippen LogP contribution >= 0.6 is 12.4 Å². The number of nitrogens with two attached hydrogens (primary N) is 1. The van der Waals surface area contributed by atoms with Crippen molar-refractivity contribution in [3.63, 3.8) is 0 Å². The van der Waals surface area contributed by atoms with Crippen LogP contribution in [0.5, 0.6) is 0 Å². The van der Waals surface area contributed by atoms with Gasteiger partial charge in [-0.15, -0.1) is 12.4 Å². The summed E-state index contributed by atoms with van der Waals surface area (Å²) in [7, 11) is 0. The second-order valence-electron chi connectivity index (χ2n) is 5.37. The van der Waals surface area contributed by atoms with Gasteiger partial charge in [-0.3, -0.25) is 0 Å². The first-order chi connectivity index (χ1) is 8.91. The summed E-state index contributed by atoms with van der Waals surface area (Å²) in [5.41, 5.74) is 5.42. The summed E-state index contributed by atoms with van der Waals surface area (Å²) in [6, 6.07) is 0. The maximum Gasteiger partial charge on any atom is -0.00426 e. The van der Waals surface area contributed by atoms with E-state index in [1.807, 2.05) is 0 Å². The van der Waals surface area contributed by atoms with E-state index in [0.29, 0.717) is 0 Å². The lowest BCUT2D eigenvalue weighted by molar-refractivity contribution is 0.550. The minimum Gasteiger partial charge on any atom is -0.330 e. The van der Waals surface area contributed by atoms with E-state index in [0.717, 1.165) is 13.0 Å². The third-order valence-corrected chi connectivity index (χ3v) is 3.47. The molecule has 0 fully saturated rings. The Morgan fingerprint density at radius 3 is 1.53 bits per heavy atom. The quantitative estimate of drug-likeness (QED) is 0.307. The monoisotopic (exact) mass is 289 g/mol. The van der Waals surface area contributed by atoms with Gasteiger partial charge in [-0.2, -0.15) is 0 Å². The fraction of sp³-hybridized carbons (Fsp3) is 0.882. The molecule has 0 rings (SSSR count). The predicted molar refractivity (Wildman–Crippen MR) is 91.1 cm³/mol. The molecule has 2 N–H and O–H groups in total. The summed E-state index contributed by atoms with van der Waals surface area (Å²) in [5, 5.41) is 0. The smallest absolute Gasteiger partial charge is 0.00426 e. The van der Waals surface area contributed by atoms with Crippen LogP contribution in [0, 0.1) is 0 Å². The molecule has 0 saturated carbocycles. The normalized spacial score (nSPS) is 10.8. The Balaban J connectivity index is 0. The molecule has 0 aliphatic rings. The Hall–Kier alpha value is -0.0100. The highest BCUT2D eigenvalue weighted by Crippen LogP contribution is 2.11. The van der Waals surface area contributed by atoms with E-state index in [9.17, 15) is 0 Å². The van der Waals surface area contributed by atoms with Crippen molar-refractivity contribution in [2.45, 2.75) is 90.4 Å². The minimum absolute atomic E-state index is 0. The fourth-order valence-corrected chi connectivity index (χ4v) is 2.26. The van der Waals surface area contributed by atoms with Crippen molar-refractivity contribution in [3.8, 4) is 0 Å². The lowest BCUT2D eigenvalue weighted by Crippen LogP contribution is -1.94. The summed E-state index contributed by atoms with van der Waals surface area (Å²) < 4.78 is 0. The summed E-state index contributed by atoms with van der Waals surface area (Å²) in [5.74, 6) is 0. The van der Waals surface area contributed by atoms with Gasteiger partial charge in [0.1, 0.15) is 0 Å². The number of hydrogen-bond acceptors (Lipinski definition) is 1. The maximum atomic E-state index is 5.42. The lowest BCUT2D eigenvalue weighted by atomic mass is 10.1. The molecule has 0 aromatic rings. The molecule has 0 aliphatic carbocycles. The van der Waals surface area contributed by atoms with Gasteiger partial charge in [-0.05, 0) is 25.8 Å². The largest absolute Gasteiger partial charge is 0.330 e. The van der Waals surface area contributed by atoms with Crippen LogP contribution in [-0.2, 0) is 0 Å². The predicted octanol–water partition coefficient (Wildman–Crippen LogP) is 6.01. The molecule has 0 heterocycles.